The van der Waals surface area contributed by atoms with Gasteiger partial charge in [0.05, 0.1) is 5.56 Å². The zero-order chi connectivity index (χ0) is 15.4. The van der Waals surface area contributed by atoms with Gasteiger partial charge in [0.15, 0.2) is 0 Å². The van der Waals surface area contributed by atoms with Crippen LogP contribution in [0.2, 0.25) is 0 Å². The minimum absolute atomic E-state index is 0.0397. The molecule has 0 fully saturated rings. The lowest BCUT2D eigenvalue weighted by Gasteiger charge is -2.16. The van der Waals surface area contributed by atoms with E-state index >= 15 is 0 Å². The average molecular weight is 284 g/mol. The summed E-state index contributed by atoms with van der Waals surface area (Å²) in [5.41, 5.74) is 6.35. The van der Waals surface area contributed by atoms with Gasteiger partial charge in [-0.2, -0.15) is 0 Å². The van der Waals surface area contributed by atoms with Gasteiger partial charge in [0, 0.05) is 5.70 Å². The number of amides is 1. The Bertz CT molecular complexity index is 680. The van der Waals surface area contributed by atoms with E-state index in [1.54, 1.807) is 12.1 Å². The Morgan fingerprint density at radius 3 is 2.48 bits per heavy atom. The van der Waals surface area contributed by atoms with Crippen molar-refractivity contribution < 1.29 is 9.90 Å². The molecule has 3 N–H and O–H groups in total. The van der Waals surface area contributed by atoms with Crippen molar-refractivity contribution in [2.75, 3.05) is 0 Å². The molecule has 1 atom stereocenters. The van der Waals surface area contributed by atoms with Gasteiger partial charge in [0.1, 0.15) is 5.75 Å². The molecule has 0 saturated carbocycles. The van der Waals surface area contributed by atoms with Crippen molar-refractivity contribution in [2.45, 2.75) is 20.3 Å². The van der Waals surface area contributed by atoms with E-state index in [0.29, 0.717) is 0 Å². The SMILES string of the molecule is C=C(NNC(=O)c1cc2ccccc2cc1O)[C@@H](C)CC. The third-order valence-corrected chi connectivity index (χ3v) is 3.65. The van der Waals surface area contributed by atoms with Gasteiger partial charge in [-0.05, 0) is 35.2 Å². The molecule has 0 unspecified atom stereocenters. The first-order valence-electron chi connectivity index (χ1n) is 6.99. The molecule has 0 bridgehead atoms. The van der Waals surface area contributed by atoms with Crippen molar-refractivity contribution >= 4 is 16.7 Å². The van der Waals surface area contributed by atoms with Crippen LogP contribution in [0.5, 0.6) is 5.75 Å². The van der Waals surface area contributed by atoms with Crippen LogP contribution in [0.25, 0.3) is 10.8 Å². The van der Waals surface area contributed by atoms with Crippen molar-refractivity contribution in [1.29, 1.82) is 0 Å². The fourth-order valence-electron chi connectivity index (χ4n) is 1.98. The van der Waals surface area contributed by atoms with Crippen molar-refractivity contribution in [1.82, 2.24) is 10.9 Å². The number of aromatic hydroxyl groups is 1. The second kappa shape index (κ2) is 6.31. The first kappa shape index (κ1) is 14.9. The molecule has 2 rings (SSSR count). The van der Waals surface area contributed by atoms with E-state index in [0.717, 1.165) is 22.9 Å². The first-order valence-corrected chi connectivity index (χ1v) is 6.99. The van der Waals surface area contributed by atoms with Gasteiger partial charge < -0.3 is 10.5 Å². The highest BCUT2D eigenvalue weighted by Gasteiger charge is 2.13. The van der Waals surface area contributed by atoms with Crippen LogP contribution in [-0.4, -0.2) is 11.0 Å². The molecule has 1 amide bonds. The maximum Gasteiger partial charge on any atom is 0.273 e. The molecule has 0 aromatic heterocycles. The number of phenolic OH excluding ortho intramolecular Hbond substituents is 1. The number of carbonyl (C=O) groups excluding carboxylic acids is 1. The number of fused-ring (bicyclic) bond motifs is 1. The monoisotopic (exact) mass is 284 g/mol. The largest absolute Gasteiger partial charge is 0.507 e. The zero-order valence-corrected chi connectivity index (χ0v) is 12.3. The van der Waals surface area contributed by atoms with Crippen molar-refractivity contribution in [3.8, 4) is 5.75 Å². The molecule has 0 heterocycles. The van der Waals surface area contributed by atoms with E-state index in [9.17, 15) is 9.90 Å². The zero-order valence-electron chi connectivity index (χ0n) is 12.3. The van der Waals surface area contributed by atoms with Crippen LogP contribution in [0.1, 0.15) is 30.6 Å². The quantitative estimate of drug-likeness (QED) is 0.738. The predicted octanol–water partition coefficient (Wildman–Crippen LogP) is 3.34. The second-order valence-corrected chi connectivity index (χ2v) is 5.13. The highest BCUT2D eigenvalue weighted by molar-refractivity contribution is 6.01. The number of rotatable bonds is 5. The van der Waals surface area contributed by atoms with Gasteiger partial charge in [-0.3, -0.25) is 10.2 Å². The van der Waals surface area contributed by atoms with E-state index < -0.39 is 0 Å². The van der Waals surface area contributed by atoms with Gasteiger partial charge in [-0.1, -0.05) is 44.7 Å². The Labute approximate surface area is 124 Å². The number of hydrogen-bond donors (Lipinski definition) is 3. The summed E-state index contributed by atoms with van der Waals surface area (Å²) in [4.78, 5) is 12.1. The number of hydrogen-bond acceptors (Lipinski definition) is 3. The van der Waals surface area contributed by atoms with Crippen LogP contribution < -0.4 is 10.9 Å². The standard InChI is InChI=1S/C17H20N2O2/c1-4-11(2)12(3)18-19-17(21)15-9-13-7-5-6-8-14(13)10-16(15)20/h5-11,18,20H,3-4H2,1-2H3,(H,19,21)/t11-/m0/s1. The van der Waals surface area contributed by atoms with Gasteiger partial charge in [-0.15, -0.1) is 0 Å². The lowest BCUT2D eigenvalue weighted by molar-refractivity contribution is 0.0934. The number of hydrazine groups is 1. The number of carbonyl (C=O) groups is 1. The van der Waals surface area contributed by atoms with E-state index in [2.05, 4.69) is 24.4 Å². The fourth-order valence-corrected chi connectivity index (χ4v) is 1.98. The average Bonchev–Trinajstić information content (AvgIpc) is 2.50. The van der Waals surface area contributed by atoms with Crippen LogP contribution in [-0.2, 0) is 0 Å². The van der Waals surface area contributed by atoms with E-state index in [-0.39, 0.29) is 23.1 Å². The van der Waals surface area contributed by atoms with Crippen molar-refractivity contribution in [2.24, 2.45) is 5.92 Å². The predicted molar refractivity (Wildman–Crippen MR) is 84.8 cm³/mol. The van der Waals surface area contributed by atoms with Gasteiger partial charge in [0.2, 0.25) is 0 Å². The fraction of sp³-hybridized carbons (Fsp3) is 0.235. The van der Waals surface area contributed by atoms with Gasteiger partial charge in [-0.25, -0.2) is 0 Å². The normalized spacial score (nSPS) is 11.9. The Morgan fingerprint density at radius 1 is 1.24 bits per heavy atom. The van der Waals surface area contributed by atoms with E-state index in [1.165, 1.54) is 0 Å². The Balaban J connectivity index is 2.16. The molecular weight excluding hydrogens is 264 g/mol. The molecule has 21 heavy (non-hydrogen) atoms. The summed E-state index contributed by atoms with van der Waals surface area (Å²) in [6, 6.07) is 10.8. The topological polar surface area (TPSA) is 61.4 Å². The molecule has 4 heteroatoms. The number of benzene rings is 2. The maximum absolute atomic E-state index is 12.1. The molecule has 0 spiro atoms. The van der Waals surface area contributed by atoms with Crippen molar-refractivity contribution in [3.05, 3.63) is 54.2 Å². The summed E-state index contributed by atoms with van der Waals surface area (Å²) in [5, 5.41) is 11.8. The minimum atomic E-state index is -0.386. The molecule has 2 aromatic carbocycles. The molecule has 0 aliphatic heterocycles. The molecule has 0 aliphatic carbocycles. The Morgan fingerprint density at radius 2 is 1.86 bits per heavy atom. The molecule has 0 aliphatic rings. The Kier molecular flexibility index (Phi) is 4.48. The van der Waals surface area contributed by atoms with Crippen LogP contribution in [0.4, 0.5) is 0 Å². The van der Waals surface area contributed by atoms with Gasteiger partial charge >= 0.3 is 0 Å². The highest BCUT2D eigenvalue weighted by atomic mass is 16.3. The summed E-state index contributed by atoms with van der Waals surface area (Å²) in [6.07, 6.45) is 0.933. The minimum Gasteiger partial charge on any atom is -0.507 e. The van der Waals surface area contributed by atoms with Crippen LogP contribution in [0.3, 0.4) is 0 Å². The molecular formula is C17H20N2O2. The third kappa shape index (κ3) is 3.34. The molecule has 110 valence electrons. The maximum atomic E-state index is 12.1. The summed E-state index contributed by atoms with van der Waals surface area (Å²) < 4.78 is 0. The lowest BCUT2D eigenvalue weighted by atomic mass is 10.1. The van der Waals surface area contributed by atoms with Crippen molar-refractivity contribution in [3.63, 3.8) is 0 Å². The molecule has 2 aromatic rings. The second-order valence-electron chi connectivity index (χ2n) is 5.13. The van der Waals surface area contributed by atoms with E-state index in [1.807, 2.05) is 31.2 Å². The molecule has 0 radical (unpaired) electrons. The smallest absolute Gasteiger partial charge is 0.273 e. The number of nitrogens with one attached hydrogen (secondary N) is 2. The summed E-state index contributed by atoms with van der Waals surface area (Å²) in [6.45, 7) is 7.95. The number of phenols is 1. The lowest BCUT2D eigenvalue weighted by Crippen LogP contribution is -2.38. The molecule has 4 nitrogen and oxygen atoms in total. The highest BCUT2D eigenvalue weighted by Crippen LogP contribution is 2.24. The van der Waals surface area contributed by atoms with Crippen LogP contribution >= 0.6 is 0 Å². The molecule has 0 saturated heterocycles. The summed E-state index contributed by atoms with van der Waals surface area (Å²) >= 11 is 0. The van der Waals surface area contributed by atoms with E-state index in [4.69, 9.17) is 0 Å². The van der Waals surface area contributed by atoms with Gasteiger partial charge in [0.25, 0.3) is 5.91 Å². The summed E-state index contributed by atoms with van der Waals surface area (Å²) in [5.74, 6) is -0.166. The number of allylic oxidation sites excluding steroid dienone is 1. The van der Waals surface area contributed by atoms with Crippen LogP contribution in [0, 0.1) is 5.92 Å². The first-order chi connectivity index (χ1) is 10.0. The Hall–Kier alpha value is -2.49. The van der Waals surface area contributed by atoms with Crippen LogP contribution in [0.15, 0.2) is 48.7 Å². The third-order valence-electron chi connectivity index (χ3n) is 3.65. The summed E-state index contributed by atoms with van der Waals surface area (Å²) in [7, 11) is 0.